The Balaban J connectivity index is 1.77. The van der Waals surface area contributed by atoms with Crippen LogP contribution in [0.1, 0.15) is 25.7 Å². The van der Waals surface area contributed by atoms with Gasteiger partial charge in [-0.3, -0.25) is 4.79 Å². The molecule has 2 saturated carbocycles. The van der Waals surface area contributed by atoms with Gasteiger partial charge in [0.05, 0.1) is 11.9 Å². The largest absolute Gasteiger partial charge is 0.378 e. The van der Waals surface area contributed by atoms with Crippen molar-refractivity contribution < 1.29 is 0 Å². The van der Waals surface area contributed by atoms with Gasteiger partial charge >= 0.3 is 0 Å². The van der Waals surface area contributed by atoms with Crippen molar-refractivity contribution in [3.63, 3.8) is 0 Å². The van der Waals surface area contributed by atoms with Crippen LogP contribution in [0, 0.1) is 11.8 Å². The zero-order chi connectivity index (χ0) is 13.4. The smallest absolute Gasteiger partial charge is 0.283 e. The third-order valence-electron chi connectivity index (χ3n) is 3.90. The number of nitrogens with one attached hydrogen (secondary N) is 1. The zero-order valence-electron chi connectivity index (χ0n) is 10.8. The minimum atomic E-state index is -0.0523. The summed E-state index contributed by atoms with van der Waals surface area (Å²) in [5.74, 6) is 1.28. The van der Waals surface area contributed by atoms with Gasteiger partial charge in [-0.2, -0.15) is 5.10 Å². The number of nitrogens with zero attached hydrogens (tertiary/aromatic N) is 2. The Labute approximate surface area is 120 Å². The Morgan fingerprint density at radius 2 is 2.21 bits per heavy atom. The molecule has 1 unspecified atom stereocenters. The number of anilines is 1. The van der Waals surface area contributed by atoms with Crippen molar-refractivity contribution in [1.29, 1.82) is 0 Å². The summed E-state index contributed by atoms with van der Waals surface area (Å²) in [5, 5.41) is 7.61. The summed E-state index contributed by atoms with van der Waals surface area (Å²) in [6.45, 7) is 1.32. The molecule has 0 amide bonds. The molecule has 2 fully saturated rings. The molecule has 19 heavy (non-hydrogen) atoms. The lowest BCUT2D eigenvalue weighted by Crippen LogP contribution is -2.33. The fraction of sp³-hybridized carbons (Fsp3) is 0.692. The summed E-state index contributed by atoms with van der Waals surface area (Å²) >= 11 is 3.39. The second-order valence-electron chi connectivity index (χ2n) is 5.63. The van der Waals surface area contributed by atoms with Crippen molar-refractivity contribution in [1.82, 2.24) is 9.78 Å². The van der Waals surface area contributed by atoms with Crippen LogP contribution in [0.5, 0.6) is 0 Å². The molecule has 5 nitrogen and oxygen atoms in total. The number of hydrogen-bond acceptors (Lipinski definition) is 4. The van der Waals surface area contributed by atoms with Crippen LogP contribution in [0.15, 0.2) is 15.5 Å². The second kappa shape index (κ2) is 5.25. The van der Waals surface area contributed by atoms with Gasteiger partial charge in [0.15, 0.2) is 0 Å². The first kappa shape index (κ1) is 13.1. The van der Waals surface area contributed by atoms with Gasteiger partial charge in [-0.25, -0.2) is 4.68 Å². The summed E-state index contributed by atoms with van der Waals surface area (Å²) in [7, 11) is 0. The molecule has 1 atom stereocenters. The maximum Gasteiger partial charge on any atom is 0.283 e. The monoisotopic (exact) mass is 326 g/mol. The second-order valence-corrected chi connectivity index (χ2v) is 6.42. The van der Waals surface area contributed by atoms with E-state index in [0.717, 1.165) is 12.2 Å². The summed E-state index contributed by atoms with van der Waals surface area (Å²) in [6, 6.07) is 0.247. The third kappa shape index (κ3) is 3.00. The van der Waals surface area contributed by atoms with E-state index in [1.165, 1.54) is 25.7 Å². The highest BCUT2D eigenvalue weighted by molar-refractivity contribution is 9.10. The molecule has 0 aromatic carbocycles. The normalized spacial score (nSPS) is 20.3. The number of rotatable bonds is 6. The molecular weight excluding hydrogens is 308 g/mol. The van der Waals surface area contributed by atoms with Crippen molar-refractivity contribution in [3.05, 3.63) is 21.0 Å². The van der Waals surface area contributed by atoms with E-state index in [1.54, 1.807) is 10.9 Å². The molecule has 0 radical (unpaired) electrons. The fourth-order valence-corrected chi connectivity index (χ4v) is 2.73. The Kier molecular flexibility index (Phi) is 3.62. The van der Waals surface area contributed by atoms with Gasteiger partial charge in [0.25, 0.3) is 5.56 Å². The van der Waals surface area contributed by atoms with Crippen molar-refractivity contribution >= 4 is 21.6 Å². The van der Waals surface area contributed by atoms with Gasteiger partial charge in [0.2, 0.25) is 0 Å². The predicted octanol–water partition coefficient (Wildman–Crippen LogP) is 1.56. The lowest BCUT2D eigenvalue weighted by molar-refractivity contribution is 0.531. The molecule has 1 aromatic rings. The predicted molar refractivity (Wildman–Crippen MR) is 78.1 cm³/mol. The van der Waals surface area contributed by atoms with Crippen LogP contribution in [0.3, 0.4) is 0 Å². The van der Waals surface area contributed by atoms with E-state index in [1.807, 2.05) is 0 Å². The van der Waals surface area contributed by atoms with E-state index in [0.29, 0.717) is 22.9 Å². The molecular formula is C13H19BrN4O. The first-order valence-corrected chi connectivity index (χ1v) is 7.70. The molecule has 6 heteroatoms. The number of hydrogen-bond donors (Lipinski definition) is 2. The Bertz CT molecular complexity index is 522. The highest BCUT2D eigenvalue weighted by Crippen LogP contribution is 2.34. The molecule has 104 valence electrons. The van der Waals surface area contributed by atoms with Crippen molar-refractivity contribution in [2.45, 2.75) is 38.3 Å². The number of aromatic nitrogens is 2. The standard InChI is InChI=1S/C13H19BrN4O/c14-12-11(17-10(5-15)9-3-4-9)6-16-18(13(12)19)7-8-1-2-8/h6,8-10,17H,1-5,7,15H2. The molecule has 3 rings (SSSR count). The Hall–Kier alpha value is -0.880. The van der Waals surface area contributed by atoms with Gasteiger partial charge in [0, 0.05) is 19.1 Å². The Morgan fingerprint density at radius 3 is 2.79 bits per heavy atom. The van der Waals surface area contributed by atoms with E-state index >= 15 is 0 Å². The van der Waals surface area contributed by atoms with E-state index in [9.17, 15) is 4.79 Å². The topological polar surface area (TPSA) is 72.9 Å². The van der Waals surface area contributed by atoms with Crippen LogP contribution < -0.4 is 16.6 Å². The van der Waals surface area contributed by atoms with Crippen molar-refractivity contribution in [2.75, 3.05) is 11.9 Å². The zero-order valence-corrected chi connectivity index (χ0v) is 12.4. The Morgan fingerprint density at radius 1 is 1.47 bits per heavy atom. The van der Waals surface area contributed by atoms with Crippen LogP contribution in [0.2, 0.25) is 0 Å². The molecule has 2 aliphatic rings. The van der Waals surface area contributed by atoms with E-state index in [-0.39, 0.29) is 11.6 Å². The molecule has 0 aliphatic heterocycles. The summed E-state index contributed by atoms with van der Waals surface area (Å²) in [5.41, 5.74) is 6.48. The van der Waals surface area contributed by atoms with Crippen LogP contribution in [0.25, 0.3) is 0 Å². The first-order chi connectivity index (χ1) is 9.19. The summed E-state index contributed by atoms with van der Waals surface area (Å²) in [4.78, 5) is 12.2. The quantitative estimate of drug-likeness (QED) is 0.832. The van der Waals surface area contributed by atoms with Crippen molar-refractivity contribution in [2.24, 2.45) is 17.6 Å². The molecule has 0 saturated heterocycles. The lowest BCUT2D eigenvalue weighted by Gasteiger charge is -2.18. The lowest BCUT2D eigenvalue weighted by atomic mass is 10.2. The first-order valence-electron chi connectivity index (χ1n) is 6.91. The summed E-state index contributed by atoms with van der Waals surface area (Å²) in [6.07, 6.45) is 6.60. The summed E-state index contributed by atoms with van der Waals surface area (Å²) < 4.78 is 2.13. The van der Waals surface area contributed by atoms with E-state index < -0.39 is 0 Å². The van der Waals surface area contributed by atoms with Crippen molar-refractivity contribution in [3.8, 4) is 0 Å². The number of halogens is 1. The fourth-order valence-electron chi connectivity index (χ4n) is 2.31. The molecule has 2 aliphatic carbocycles. The van der Waals surface area contributed by atoms with Gasteiger partial charge in [-0.15, -0.1) is 0 Å². The van der Waals surface area contributed by atoms with Crippen LogP contribution >= 0.6 is 15.9 Å². The maximum absolute atomic E-state index is 12.2. The molecule has 1 heterocycles. The average Bonchev–Trinajstić information content (AvgIpc) is 3.26. The van der Waals surface area contributed by atoms with E-state index in [2.05, 4.69) is 26.3 Å². The highest BCUT2D eigenvalue weighted by Gasteiger charge is 2.31. The van der Waals surface area contributed by atoms with Gasteiger partial charge < -0.3 is 11.1 Å². The maximum atomic E-state index is 12.2. The molecule has 0 spiro atoms. The van der Waals surface area contributed by atoms with Gasteiger partial charge in [-0.05, 0) is 53.4 Å². The molecule has 0 bridgehead atoms. The van der Waals surface area contributed by atoms with E-state index in [4.69, 9.17) is 5.73 Å². The SMILES string of the molecule is NCC(Nc1cnn(CC2CC2)c(=O)c1Br)C1CC1. The minimum absolute atomic E-state index is 0.0523. The average molecular weight is 327 g/mol. The number of nitrogens with two attached hydrogens (primary N) is 1. The third-order valence-corrected chi connectivity index (χ3v) is 4.67. The molecule has 3 N–H and O–H groups in total. The van der Waals surface area contributed by atoms with Gasteiger partial charge in [0.1, 0.15) is 4.47 Å². The van der Waals surface area contributed by atoms with Crippen LogP contribution in [-0.2, 0) is 6.54 Å². The highest BCUT2D eigenvalue weighted by atomic mass is 79.9. The van der Waals surface area contributed by atoms with Crippen LogP contribution in [0.4, 0.5) is 5.69 Å². The van der Waals surface area contributed by atoms with Crippen LogP contribution in [-0.4, -0.2) is 22.4 Å². The van der Waals surface area contributed by atoms with Gasteiger partial charge in [-0.1, -0.05) is 0 Å². The minimum Gasteiger partial charge on any atom is -0.378 e. The molecule has 1 aromatic heterocycles.